The van der Waals surface area contributed by atoms with Gasteiger partial charge in [-0.25, -0.2) is 9.18 Å². The first-order valence-corrected chi connectivity index (χ1v) is 8.12. The average Bonchev–Trinajstić information content (AvgIpc) is 2.91. The van der Waals surface area contributed by atoms with Crippen molar-refractivity contribution >= 4 is 23.2 Å². The van der Waals surface area contributed by atoms with Crippen molar-refractivity contribution in [3.8, 4) is 0 Å². The van der Waals surface area contributed by atoms with Crippen LogP contribution in [0.15, 0.2) is 28.8 Å². The van der Waals surface area contributed by atoms with Crippen LogP contribution >= 0.6 is 0 Å². The number of hydrogen-bond donors (Lipinski definition) is 2. The van der Waals surface area contributed by atoms with Crippen molar-refractivity contribution in [2.24, 2.45) is 0 Å². The highest BCUT2D eigenvalue weighted by Crippen LogP contribution is 2.26. The molecule has 2 atom stereocenters. The van der Waals surface area contributed by atoms with Gasteiger partial charge in [0.15, 0.2) is 5.82 Å². The molecule has 2 N–H and O–H groups in total. The fraction of sp³-hybridized carbons (Fsp3) is 0.412. The van der Waals surface area contributed by atoms with Crippen molar-refractivity contribution in [3.05, 3.63) is 35.8 Å². The molecule has 0 spiro atoms. The molecule has 134 valence electrons. The fourth-order valence-electron chi connectivity index (χ4n) is 2.92. The molecule has 1 aromatic carbocycles. The SMILES string of the molecule is Cc1cc(NC(=O)Nc2ccc(N3C[C@@H](C)O[C@H](C)C3)c(F)c2)no1. The topological polar surface area (TPSA) is 79.6 Å². The molecule has 1 aromatic heterocycles. The molecule has 1 aliphatic heterocycles. The Balaban J connectivity index is 1.66. The lowest BCUT2D eigenvalue weighted by Gasteiger charge is -2.37. The second-order valence-electron chi connectivity index (χ2n) is 6.23. The third-order valence-corrected chi connectivity index (χ3v) is 3.84. The van der Waals surface area contributed by atoms with E-state index in [0.717, 1.165) is 0 Å². The Morgan fingerprint density at radius 1 is 1.24 bits per heavy atom. The Morgan fingerprint density at radius 2 is 1.96 bits per heavy atom. The quantitative estimate of drug-likeness (QED) is 0.889. The zero-order chi connectivity index (χ0) is 18.0. The predicted molar refractivity (Wildman–Crippen MR) is 92.5 cm³/mol. The van der Waals surface area contributed by atoms with Gasteiger partial charge in [-0.05, 0) is 39.0 Å². The molecule has 3 rings (SSSR count). The number of rotatable bonds is 3. The van der Waals surface area contributed by atoms with Crippen LogP contribution in [0.3, 0.4) is 0 Å². The number of aromatic nitrogens is 1. The number of anilines is 3. The Labute approximate surface area is 145 Å². The van der Waals surface area contributed by atoms with E-state index in [1.54, 1.807) is 25.1 Å². The molecular formula is C17H21FN4O3. The fourth-order valence-corrected chi connectivity index (χ4v) is 2.92. The van der Waals surface area contributed by atoms with E-state index in [-0.39, 0.29) is 12.2 Å². The molecule has 2 aromatic rings. The summed E-state index contributed by atoms with van der Waals surface area (Å²) in [4.78, 5) is 13.9. The number of halogens is 1. The van der Waals surface area contributed by atoms with E-state index in [1.165, 1.54) is 6.07 Å². The second kappa shape index (κ2) is 7.10. The molecule has 1 saturated heterocycles. The molecule has 0 unspecified atom stereocenters. The van der Waals surface area contributed by atoms with Gasteiger partial charge in [0, 0.05) is 24.8 Å². The number of urea groups is 1. The summed E-state index contributed by atoms with van der Waals surface area (Å²) in [5.41, 5.74) is 0.855. The summed E-state index contributed by atoms with van der Waals surface area (Å²) in [5, 5.41) is 8.75. The van der Waals surface area contributed by atoms with E-state index in [9.17, 15) is 9.18 Å². The van der Waals surface area contributed by atoms with Crippen LogP contribution in [0.1, 0.15) is 19.6 Å². The molecular weight excluding hydrogens is 327 g/mol. The number of aryl methyl sites for hydroxylation is 1. The molecule has 1 aliphatic rings. The Kier molecular flexibility index (Phi) is 4.89. The number of hydrogen-bond acceptors (Lipinski definition) is 5. The van der Waals surface area contributed by atoms with E-state index in [2.05, 4.69) is 15.8 Å². The van der Waals surface area contributed by atoms with Gasteiger partial charge in [0.2, 0.25) is 0 Å². The van der Waals surface area contributed by atoms with E-state index in [4.69, 9.17) is 9.26 Å². The van der Waals surface area contributed by atoms with Crippen molar-refractivity contribution in [2.75, 3.05) is 28.6 Å². The maximum Gasteiger partial charge on any atom is 0.324 e. The van der Waals surface area contributed by atoms with Crippen LogP contribution in [-0.2, 0) is 4.74 Å². The van der Waals surface area contributed by atoms with E-state index in [0.29, 0.717) is 36.0 Å². The average molecular weight is 348 g/mol. The first-order valence-electron chi connectivity index (χ1n) is 8.12. The molecule has 0 radical (unpaired) electrons. The minimum atomic E-state index is -0.519. The van der Waals surface area contributed by atoms with Crippen LogP contribution in [0.4, 0.5) is 26.4 Å². The second-order valence-corrected chi connectivity index (χ2v) is 6.23. The van der Waals surface area contributed by atoms with Crippen LogP contribution in [0.25, 0.3) is 0 Å². The number of nitrogens with one attached hydrogen (secondary N) is 2. The third kappa shape index (κ3) is 4.27. The van der Waals surface area contributed by atoms with Crippen LogP contribution < -0.4 is 15.5 Å². The van der Waals surface area contributed by atoms with Gasteiger partial charge < -0.3 is 19.5 Å². The number of ether oxygens (including phenoxy) is 1. The largest absolute Gasteiger partial charge is 0.372 e. The zero-order valence-corrected chi connectivity index (χ0v) is 14.4. The van der Waals surface area contributed by atoms with Crippen LogP contribution in [-0.4, -0.2) is 36.5 Å². The Morgan fingerprint density at radius 3 is 2.56 bits per heavy atom. The predicted octanol–water partition coefficient (Wildman–Crippen LogP) is 3.38. The monoisotopic (exact) mass is 348 g/mol. The van der Waals surface area contributed by atoms with Crippen molar-refractivity contribution in [1.29, 1.82) is 0 Å². The summed E-state index contributed by atoms with van der Waals surface area (Å²) in [6.45, 7) is 6.90. The van der Waals surface area contributed by atoms with Crippen LogP contribution in [0.5, 0.6) is 0 Å². The third-order valence-electron chi connectivity index (χ3n) is 3.84. The van der Waals surface area contributed by atoms with Crippen molar-refractivity contribution in [2.45, 2.75) is 33.0 Å². The van der Waals surface area contributed by atoms with E-state index < -0.39 is 11.8 Å². The summed E-state index contributed by atoms with van der Waals surface area (Å²) < 4.78 is 25.0. The summed E-state index contributed by atoms with van der Waals surface area (Å²) in [6, 6.07) is 5.69. The van der Waals surface area contributed by atoms with Gasteiger partial charge in [0.1, 0.15) is 11.6 Å². The Hall–Kier alpha value is -2.61. The molecule has 0 bridgehead atoms. The van der Waals surface area contributed by atoms with Crippen molar-refractivity contribution < 1.29 is 18.4 Å². The molecule has 1 fully saturated rings. The molecule has 25 heavy (non-hydrogen) atoms. The van der Waals surface area contributed by atoms with Gasteiger partial charge in [0.25, 0.3) is 0 Å². The highest BCUT2D eigenvalue weighted by molar-refractivity contribution is 5.99. The number of amides is 2. The molecule has 2 heterocycles. The molecule has 8 heteroatoms. The van der Waals surface area contributed by atoms with Gasteiger partial charge in [-0.1, -0.05) is 5.16 Å². The first kappa shape index (κ1) is 17.2. The summed E-state index contributed by atoms with van der Waals surface area (Å²) in [6.07, 6.45) is 0.0790. The molecule has 2 amide bonds. The van der Waals surface area contributed by atoms with E-state index >= 15 is 0 Å². The molecule has 0 saturated carbocycles. The highest BCUT2D eigenvalue weighted by atomic mass is 19.1. The number of nitrogens with zero attached hydrogens (tertiary/aromatic N) is 2. The van der Waals surface area contributed by atoms with Gasteiger partial charge in [0.05, 0.1) is 17.9 Å². The standard InChI is InChI=1S/C17H21FN4O3/c1-10-6-16(21-25-10)20-17(23)19-13-4-5-15(14(18)7-13)22-8-11(2)24-12(3)9-22/h4-7,11-12H,8-9H2,1-3H3,(H2,19,20,21,23)/t11-,12-/m1/s1. The minimum Gasteiger partial charge on any atom is -0.372 e. The molecule has 7 nitrogen and oxygen atoms in total. The minimum absolute atomic E-state index is 0.0395. The normalized spacial score (nSPS) is 20.4. The summed E-state index contributed by atoms with van der Waals surface area (Å²) >= 11 is 0. The lowest BCUT2D eigenvalue weighted by atomic mass is 10.2. The number of carbonyl (C=O) groups excluding carboxylic acids is 1. The maximum atomic E-state index is 14.5. The summed E-state index contributed by atoms with van der Waals surface area (Å²) in [5.74, 6) is 0.486. The highest BCUT2D eigenvalue weighted by Gasteiger charge is 2.24. The van der Waals surface area contributed by atoms with Gasteiger partial charge in [-0.15, -0.1) is 0 Å². The lowest BCUT2D eigenvalue weighted by molar-refractivity contribution is -0.00539. The maximum absolute atomic E-state index is 14.5. The van der Waals surface area contributed by atoms with Crippen molar-refractivity contribution in [3.63, 3.8) is 0 Å². The lowest BCUT2D eigenvalue weighted by Crippen LogP contribution is -2.45. The number of carbonyl (C=O) groups is 1. The zero-order valence-electron chi connectivity index (χ0n) is 14.4. The van der Waals surface area contributed by atoms with Crippen molar-refractivity contribution in [1.82, 2.24) is 5.16 Å². The Bertz CT molecular complexity index is 754. The van der Waals surface area contributed by atoms with Gasteiger partial charge in [-0.2, -0.15) is 0 Å². The van der Waals surface area contributed by atoms with E-state index in [1.807, 2.05) is 18.7 Å². The first-order chi connectivity index (χ1) is 11.9. The molecule has 0 aliphatic carbocycles. The number of benzene rings is 1. The van der Waals surface area contributed by atoms with Gasteiger partial charge in [-0.3, -0.25) is 5.32 Å². The van der Waals surface area contributed by atoms with Gasteiger partial charge >= 0.3 is 6.03 Å². The van der Waals surface area contributed by atoms with Crippen LogP contribution in [0.2, 0.25) is 0 Å². The number of morpholine rings is 1. The van der Waals surface area contributed by atoms with Crippen LogP contribution in [0, 0.1) is 12.7 Å². The summed E-state index contributed by atoms with van der Waals surface area (Å²) in [7, 11) is 0. The smallest absolute Gasteiger partial charge is 0.324 e.